The molecule has 0 aromatic heterocycles. The molecule has 12 heavy (non-hydrogen) atoms. The lowest BCUT2D eigenvalue weighted by Gasteiger charge is -2.25. The third-order valence-electron chi connectivity index (χ3n) is 2.41. The van der Waals surface area contributed by atoms with E-state index in [1.54, 1.807) is 0 Å². The molecule has 0 fully saturated rings. The Hall–Kier alpha value is -0.530. The summed E-state index contributed by atoms with van der Waals surface area (Å²) in [4.78, 5) is 2.30. The van der Waals surface area contributed by atoms with Gasteiger partial charge in [0.15, 0.2) is 0 Å². The maximum Gasteiger partial charge on any atom is 0.0453 e. The summed E-state index contributed by atoms with van der Waals surface area (Å²) in [5, 5.41) is 0.916. The van der Waals surface area contributed by atoms with Crippen LogP contribution >= 0.6 is 11.6 Å². The van der Waals surface area contributed by atoms with Gasteiger partial charge in [0, 0.05) is 18.1 Å². The minimum Gasteiger partial charge on any atom is -0.302 e. The molecule has 0 spiro atoms. The van der Waals surface area contributed by atoms with Gasteiger partial charge in [-0.2, -0.15) is 0 Å². The van der Waals surface area contributed by atoms with Crippen molar-refractivity contribution >= 4 is 11.6 Å². The Morgan fingerprint density at radius 1 is 1.42 bits per heavy atom. The lowest BCUT2D eigenvalue weighted by molar-refractivity contribution is 0.313. The van der Waals surface area contributed by atoms with E-state index in [4.69, 9.17) is 11.6 Å². The number of rotatable bonds is 0. The Labute approximate surface area is 77.9 Å². The Bertz CT molecular complexity index is 296. The summed E-state index contributed by atoms with van der Waals surface area (Å²) in [5.74, 6) is 0. The third-order valence-corrected chi connectivity index (χ3v) is 2.76. The van der Waals surface area contributed by atoms with Gasteiger partial charge in [-0.1, -0.05) is 23.7 Å². The normalized spacial score (nSPS) is 17.5. The van der Waals surface area contributed by atoms with E-state index in [1.165, 1.54) is 11.1 Å². The molecule has 0 unspecified atom stereocenters. The molecule has 1 aromatic carbocycles. The summed E-state index contributed by atoms with van der Waals surface area (Å²) in [6.07, 6.45) is 1.13. The molecule has 0 N–H and O–H groups in total. The highest BCUT2D eigenvalue weighted by molar-refractivity contribution is 6.31. The van der Waals surface area contributed by atoms with Crippen molar-refractivity contribution in [3.8, 4) is 0 Å². The first kappa shape index (κ1) is 8.09. The van der Waals surface area contributed by atoms with Crippen molar-refractivity contribution in [2.75, 3.05) is 13.6 Å². The van der Waals surface area contributed by atoms with Crippen molar-refractivity contribution in [3.05, 3.63) is 34.3 Å². The van der Waals surface area contributed by atoms with E-state index in [0.29, 0.717) is 0 Å². The van der Waals surface area contributed by atoms with E-state index in [2.05, 4.69) is 18.0 Å². The molecule has 0 saturated carbocycles. The second-order valence-corrected chi connectivity index (χ2v) is 3.77. The lowest BCUT2D eigenvalue weighted by atomic mass is 10.0. The summed E-state index contributed by atoms with van der Waals surface area (Å²) in [6, 6.07) is 6.18. The van der Waals surface area contributed by atoms with Crippen LogP contribution in [0.4, 0.5) is 0 Å². The van der Waals surface area contributed by atoms with Crippen LogP contribution in [-0.4, -0.2) is 18.5 Å². The van der Waals surface area contributed by atoms with Crippen molar-refractivity contribution in [2.45, 2.75) is 13.0 Å². The average molecular weight is 182 g/mol. The first-order chi connectivity index (χ1) is 5.77. The Morgan fingerprint density at radius 2 is 2.25 bits per heavy atom. The van der Waals surface area contributed by atoms with Crippen molar-refractivity contribution in [3.63, 3.8) is 0 Å². The Morgan fingerprint density at radius 3 is 3.08 bits per heavy atom. The quantitative estimate of drug-likeness (QED) is 0.594. The van der Waals surface area contributed by atoms with Gasteiger partial charge < -0.3 is 4.90 Å². The number of nitrogens with zero attached hydrogens (tertiary/aromatic N) is 1. The second-order valence-electron chi connectivity index (χ2n) is 3.37. The molecule has 0 saturated heterocycles. The number of fused-ring (bicyclic) bond motifs is 1. The molecule has 2 heteroatoms. The Kier molecular flexibility index (Phi) is 2.07. The predicted octanol–water partition coefficient (Wildman–Crippen LogP) is 2.33. The first-order valence-corrected chi connectivity index (χ1v) is 4.60. The van der Waals surface area contributed by atoms with Crippen LogP contribution in [0, 0.1) is 0 Å². The van der Waals surface area contributed by atoms with Crippen LogP contribution in [0.2, 0.25) is 5.02 Å². The summed E-state index contributed by atoms with van der Waals surface area (Å²) in [7, 11) is 2.13. The molecule has 1 heterocycles. The number of benzene rings is 1. The zero-order chi connectivity index (χ0) is 8.55. The monoisotopic (exact) mass is 181 g/mol. The van der Waals surface area contributed by atoms with E-state index in [-0.39, 0.29) is 0 Å². The zero-order valence-corrected chi connectivity index (χ0v) is 7.93. The first-order valence-electron chi connectivity index (χ1n) is 4.22. The number of hydrogen-bond acceptors (Lipinski definition) is 1. The fourth-order valence-electron chi connectivity index (χ4n) is 1.67. The van der Waals surface area contributed by atoms with Gasteiger partial charge in [0.2, 0.25) is 0 Å². The van der Waals surface area contributed by atoms with E-state index in [0.717, 1.165) is 24.5 Å². The summed E-state index contributed by atoms with van der Waals surface area (Å²) in [5.41, 5.74) is 2.73. The van der Waals surface area contributed by atoms with Crippen LogP contribution in [0.25, 0.3) is 0 Å². The van der Waals surface area contributed by atoms with Crippen LogP contribution in [0.3, 0.4) is 0 Å². The highest BCUT2D eigenvalue weighted by Crippen LogP contribution is 2.24. The van der Waals surface area contributed by atoms with Crippen LogP contribution in [-0.2, 0) is 13.0 Å². The molecule has 0 bridgehead atoms. The Balaban J connectivity index is 2.43. The van der Waals surface area contributed by atoms with Crippen molar-refractivity contribution in [1.29, 1.82) is 0 Å². The summed E-state index contributed by atoms with van der Waals surface area (Å²) >= 11 is 6.08. The molecule has 0 radical (unpaired) electrons. The largest absolute Gasteiger partial charge is 0.302 e. The molecule has 0 aliphatic carbocycles. The topological polar surface area (TPSA) is 3.24 Å². The summed E-state index contributed by atoms with van der Waals surface area (Å²) in [6.45, 7) is 2.14. The van der Waals surface area contributed by atoms with E-state index in [9.17, 15) is 0 Å². The predicted molar refractivity (Wildman–Crippen MR) is 51.5 cm³/mol. The van der Waals surface area contributed by atoms with E-state index < -0.39 is 0 Å². The highest BCUT2D eigenvalue weighted by atomic mass is 35.5. The third kappa shape index (κ3) is 1.35. The van der Waals surface area contributed by atoms with Crippen molar-refractivity contribution in [1.82, 2.24) is 4.90 Å². The smallest absolute Gasteiger partial charge is 0.0453 e. The maximum absolute atomic E-state index is 6.08. The zero-order valence-electron chi connectivity index (χ0n) is 7.18. The lowest BCUT2D eigenvalue weighted by Crippen LogP contribution is -2.26. The molecular weight excluding hydrogens is 170 g/mol. The molecule has 1 aliphatic heterocycles. The number of hydrogen-bond donors (Lipinski definition) is 0. The number of likely N-dealkylation sites (N-methyl/N-ethyl adjacent to an activating group) is 1. The summed E-state index contributed by atoms with van der Waals surface area (Å²) < 4.78 is 0. The van der Waals surface area contributed by atoms with Gasteiger partial charge in [0.05, 0.1) is 0 Å². The molecule has 1 nitrogen and oxygen atoms in total. The fraction of sp³-hybridized carbons (Fsp3) is 0.400. The molecule has 2 rings (SSSR count). The van der Waals surface area contributed by atoms with Gasteiger partial charge in [0.25, 0.3) is 0 Å². The molecular formula is C10H12ClN. The SMILES string of the molecule is CN1CCc2cccc(Cl)c2C1. The maximum atomic E-state index is 6.08. The van der Waals surface area contributed by atoms with Gasteiger partial charge in [-0.25, -0.2) is 0 Å². The van der Waals surface area contributed by atoms with E-state index in [1.807, 2.05) is 12.1 Å². The molecule has 1 aromatic rings. The second kappa shape index (κ2) is 3.08. The van der Waals surface area contributed by atoms with Crippen LogP contribution < -0.4 is 0 Å². The fourth-order valence-corrected chi connectivity index (χ4v) is 1.93. The van der Waals surface area contributed by atoms with Gasteiger partial charge in [0.1, 0.15) is 0 Å². The van der Waals surface area contributed by atoms with Crippen LogP contribution in [0.1, 0.15) is 11.1 Å². The highest BCUT2D eigenvalue weighted by Gasteiger charge is 2.14. The van der Waals surface area contributed by atoms with Gasteiger partial charge >= 0.3 is 0 Å². The molecule has 1 aliphatic rings. The van der Waals surface area contributed by atoms with Crippen molar-refractivity contribution in [2.24, 2.45) is 0 Å². The average Bonchev–Trinajstić information content (AvgIpc) is 2.07. The number of halogens is 1. The standard InChI is InChI=1S/C10H12ClN/c1-12-6-5-8-3-2-4-10(11)9(8)7-12/h2-4H,5-7H2,1H3. The van der Waals surface area contributed by atoms with Crippen LogP contribution in [0.5, 0.6) is 0 Å². The van der Waals surface area contributed by atoms with Gasteiger partial charge in [-0.15, -0.1) is 0 Å². The van der Waals surface area contributed by atoms with Crippen LogP contribution in [0.15, 0.2) is 18.2 Å². The minimum absolute atomic E-state index is 0.916. The van der Waals surface area contributed by atoms with Gasteiger partial charge in [-0.3, -0.25) is 0 Å². The molecule has 0 atom stereocenters. The molecule has 64 valence electrons. The minimum atomic E-state index is 0.916. The molecule has 0 amide bonds. The van der Waals surface area contributed by atoms with Crippen molar-refractivity contribution < 1.29 is 0 Å². The van der Waals surface area contributed by atoms with Gasteiger partial charge in [-0.05, 0) is 30.7 Å². The van der Waals surface area contributed by atoms with E-state index >= 15 is 0 Å².